The van der Waals surface area contributed by atoms with Crippen LogP contribution in [-0.2, 0) is 0 Å². The summed E-state index contributed by atoms with van der Waals surface area (Å²) in [7, 11) is -0.799. The number of hydrogen-bond donors (Lipinski definition) is 1. The van der Waals surface area contributed by atoms with Crippen molar-refractivity contribution >= 4 is 29.5 Å². The van der Waals surface area contributed by atoms with Gasteiger partial charge in [0, 0.05) is 11.0 Å². The minimum absolute atomic E-state index is 0.799. The minimum atomic E-state index is -0.799. The van der Waals surface area contributed by atoms with Crippen LogP contribution in [0.2, 0.25) is 0 Å². The molecule has 0 atom stereocenters. The van der Waals surface area contributed by atoms with E-state index in [-0.39, 0.29) is 0 Å². The van der Waals surface area contributed by atoms with Crippen molar-refractivity contribution in [1.82, 2.24) is 0 Å². The van der Waals surface area contributed by atoms with Gasteiger partial charge >= 0.3 is 0 Å². The fourth-order valence-electron chi connectivity index (χ4n) is 3.32. The van der Waals surface area contributed by atoms with Crippen LogP contribution >= 0.6 is 7.92 Å². The summed E-state index contributed by atoms with van der Waals surface area (Å²) >= 11 is 0. The van der Waals surface area contributed by atoms with Gasteiger partial charge in [0.05, 0.1) is 0 Å². The average Bonchev–Trinajstić information content (AvgIpc) is 2.79. The van der Waals surface area contributed by atoms with E-state index in [9.17, 15) is 0 Å². The van der Waals surface area contributed by atoms with Crippen molar-refractivity contribution in [3.05, 3.63) is 132 Å². The zero-order valence-corrected chi connectivity index (χ0v) is 16.5. The predicted molar refractivity (Wildman–Crippen MR) is 123 cm³/mol. The summed E-state index contributed by atoms with van der Waals surface area (Å²) in [5, 5.41) is 3.78. The molecule has 0 amide bonds. The van der Waals surface area contributed by atoms with Crippen LogP contribution in [0.5, 0.6) is 0 Å². The van der Waals surface area contributed by atoms with Crippen molar-refractivity contribution in [3.8, 4) is 0 Å². The van der Waals surface area contributed by atoms with E-state index in [1.165, 1.54) is 21.5 Å². The standard InChI is InChI=1S/C26H22NP/c27-25(21-13-5-1-6-14-21)26(22-15-7-2-8-16-22)28(23-17-9-3-10-18-23)24-19-11-4-12-20-24/h1-20H,27H2. The lowest BCUT2D eigenvalue weighted by Crippen LogP contribution is -2.15. The summed E-state index contributed by atoms with van der Waals surface area (Å²) < 4.78 is 0. The van der Waals surface area contributed by atoms with E-state index in [4.69, 9.17) is 5.73 Å². The molecule has 1 nitrogen and oxygen atoms in total. The third-order valence-electron chi connectivity index (χ3n) is 4.64. The molecule has 4 aromatic carbocycles. The maximum Gasteiger partial charge on any atom is 0.0478 e. The lowest BCUT2D eigenvalue weighted by Gasteiger charge is -2.25. The molecule has 2 heteroatoms. The van der Waals surface area contributed by atoms with E-state index in [1.807, 2.05) is 24.3 Å². The summed E-state index contributed by atoms with van der Waals surface area (Å²) in [6.45, 7) is 0. The van der Waals surface area contributed by atoms with Crippen LogP contribution in [0.3, 0.4) is 0 Å². The highest BCUT2D eigenvalue weighted by atomic mass is 31.1. The largest absolute Gasteiger partial charge is 0.398 e. The van der Waals surface area contributed by atoms with Crippen LogP contribution in [-0.4, -0.2) is 0 Å². The van der Waals surface area contributed by atoms with Gasteiger partial charge in [-0.2, -0.15) is 0 Å². The van der Waals surface area contributed by atoms with Crippen LogP contribution in [0.15, 0.2) is 121 Å². The van der Waals surface area contributed by atoms with Gasteiger partial charge in [0.25, 0.3) is 0 Å². The molecule has 0 unspecified atom stereocenters. The molecule has 0 spiro atoms. The molecule has 0 heterocycles. The zero-order chi connectivity index (χ0) is 19.2. The Kier molecular flexibility index (Phi) is 5.66. The molecule has 136 valence electrons. The van der Waals surface area contributed by atoms with E-state index in [2.05, 4.69) is 97.1 Å². The fraction of sp³-hybridized carbons (Fsp3) is 0. The molecule has 4 aromatic rings. The Hall–Kier alpha value is -3.15. The Labute approximate surface area is 167 Å². The highest BCUT2D eigenvalue weighted by molar-refractivity contribution is 7.82. The summed E-state index contributed by atoms with van der Waals surface area (Å²) in [5.41, 5.74) is 9.91. The van der Waals surface area contributed by atoms with E-state index < -0.39 is 7.92 Å². The van der Waals surface area contributed by atoms with E-state index >= 15 is 0 Å². The highest BCUT2D eigenvalue weighted by Gasteiger charge is 2.23. The number of benzene rings is 4. The van der Waals surface area contributed by atoms with Crippen molar-refractivity contribution in [2.75, 3.05) is 0 Å². The first-order valence-electron chi connectivity index (χ1n) is 9.35. The molecule has 0 saturated heterocycles. The second kappa shape index (κ2) is 8.69. The first-order chi connectivity index (χ1) is 13.8. The van der Waals surface area contributed by atoms with Crippen LogP contribution in [0.25, 0.3) is 11.0 Å². The van der Waals surface area contributed by atoms with Crippen molar-refractivity contribution in [1.29, 1.82) is 0 Å². The number of hydrogen-bond acceptors (Lipinski definition) is 1. The van der Waals surface area contributed by atoms with Gasteiger partial charge in [-0.15, -0.1) is 0 Å². The molecule has 4 rings (SSSR count). The quantitative estimate of drug-likeness (QED) is 0.354. The number of nitrogens with two attached hydrogens (primary N) is 1. The summed E-state index contributed by atoms with van der Waals surface area (Å²) in [6, 6.07) is 42.2. The first kappa shape index (κ1) is 18.2. The molecular weight excluding hydrogens is 357 g/mol. The van der Waals surface area contributed by atoms with Gasteiger partial charge in [-0.25, -0.2) is 0 Å². The van der Waals surface area contributed by atoms with E-state index in [0.717, 1.165) is 11.3 Å². The number of rotatable bonds is 5. The zero-order valence-electron chi connectivity index (χ0n) is 15.6. The third kappa shape index (κ3) is 3.91. The van der Waals surface area contributed by atoms with E-state index in [1.54, 1.807) is 0 Å². The Morgan fingerprint density at radius 1 is 0.464 bits per heavy atom. The van der Waals surface area contributed by atoms with Crippen LogP contribution in [0.1, 0.15) is 11.1 Å². The second-order valence-electron chi connectivity index (χ2n) is 6.50. The second-order valence-corrected chi connectivity index (χ2v) is 8.65. The Morgan fingerprint density at radius 2 is 0.821 bits per heavy atom. The van der Waals surface area contributed by atoms with Gasteiger partial charge < -0.3 is 5.73 Å². The Balaban J connectivity index is 2.00. The maximum atomic E-state index is 6.84. The molecule has 0 fully saturated rings. The van der Waals surface area contributed by atoms with Gasteiger partial charge in [-0.05, 0) is 29.7 Å². The summed E-state index contributed by atoms with van der Waals surface area (Å²) in [5.74, 6) is 0. The topological polar surface area (TPSA) is 26.0 Å². The molecular formula is C26H22NP. The molecule has 0 saturated carbocycles. The molecule has 0 aromatic heterocycles. The molecule has 0 aliphatic carbocycles. The first-order valence-corrected chi connectivity index (χ1v) is 10.7. The highest BCUT2D eigenvalue weighted by Crippen LogP contribution is 2.51. The van der Waals surface area contributed by atoms with Crippen molar-refractivity contribution < 1.29 is 0 Å². The normalized spacial score (nSPS) is 11.9. The Bertz CT molecular complexity index is 1000. The SMILES string of the molecule is NC(=C(c1ccccc1)P(c1ccccc1)c1ccccc1)c1ccccc1. The summed E-state index contributed by atoms with van der Waals surface area (Å²) in [6.07, 6.45) is 0. The van der Waals surface area contributed by atoms with Gasteiger partial charge in [-0.3, -0.25) is 0 Å². The van der Waals surface area contributed by atoms with Gasteiger partial charge in [0.1, 0.15) is 0 Å². The smallest absolute Gasteiger partial charge is 0.0478 e. The van der Waals surface area contributed by atoms with Crippen molar-refractivity contribution in [2.45, 2.75) is 0 Å². The van der Waals surface area contributed by atoms with E-state index in [0.29, 0.717) is 0 Å². The Morgan fingerprint density at radius 3 is 1.25 bits per heavy atom. The maximum absolute atomic E-state index is 6.84. The minimum Gasteiger partial charge on any atom is -0.398 e. The van der Waals surface area contributed by atoms with Gasteiger partial charge in [-0.1, -0.05) is 121 Å². The lowest BCUT2D eigenvalue weighted by atomic mass is 10.1. The fourth-order valence-corrected chi connectivity index (χ4v) is 5.85. The van der Waals surface area contributed by atoms with Crippen LogP contribution in [0, 0.1) is 0 Å². The molecule has 2 N–H and O–H groups in total. The van der Waals surface area contributed by atoms with Gasteiger partial charge in [0.2, 0.25) is 0 Å². The molecule has 0 aliphatic rings. The van der Waals surface area contributed by atoms with Crippen LogP contribution in [0.4, 0.5) is 0 Å². The lowest BCUT2D eigenvalue weighted by molar-refractivity contribution is 1.52. The summed E-state index contributed by atoms with van der Waals surface area (Å²) in [4.78, 5) is 0. The third-order valence-corrected chi connectivity index (χ3v) is 7.21. The average molecular weight is 379 g/mol. The van der Waals surface area contributed by atoms with Crippen molar-refractivity contribution in [2.24, 2.45) is 5.73 Å². The molecule has 0 aliphatic heterocycles. The molecule has 0 bridgehead atoms. The van der Waals surface area contributed by atoms with Crippen molar-refractivity contribution in [3.63, 3.8) is 0 Å². The van der Waals surface area contributed by atoms with Gasteiger partial charge in [0.15, 0.2) is 0 Å². The molecule has 28 heavy (non-hydrogen) atoms. The van der Waals surface area contributed by atoms with Crippen LogP contribution < -0.4 is 16.3 Å². The monoisotopic (exact) mass is 379 g/mol. The molecule has 0 radical (unpaired) electrons. The predicted octanol–water partition coefficient (Wildman–Crippen LogP) is 5.60.